The molecule has 0 fully saturated rings. The van der Waals surface area contributed by atoms with Gasteiger partial charge in [-0.1, -0.05) is 54.2 Å². The maximum atomic E-state index is 12.4. The third-order valence-corrected chi connectivity index (χ3v) is 6.46. The van der Waals surface area contributed by atoms with Crippen LogP contribution in [0.2, 0.25) is 0 Å². The van der Waals surface area contributed by atoms with Crippen LogP contribution in [0.25, 0.3) is 0 Å². The number of nitrogens with zero attached hydrogens (tertiary/aromatic N) is 2. The minimum atomic E-state index is -0.165. The second-order valence-electron chi connectivity index (χ2n) is 7.45. The topological polar surface area (TPSA) is 75.0 Å². The Balaban J connectivity index is 1.45. The number of para-hydroxylation sites is 2. The molecule has 0 spiro atoms. The van der Waals surface area contributed by atoms with Crippen molar-refractivity contribution < 1.29 is 9.53 Å². The number of benzene rings is 2. The van der Waals surface area contributed by atoms with Crippen molar-refractivity contribution in [1.29, 1.82) is 5.26 Å². The third kappa shape index (κ3) is 4.89. The number of ether oxygens (including phenoxy) is 1. The number of carbonyl (C=O) groups is 1. The molecule has 4 rings (SSSR count). The predicted molar refractivity (Wildman–Crippen MR) is 123 cm³/mol. The number of amides is 1. The Morgan fingerprint density at radius 1 is 1.23 bits per heavy atom. The van der Waals surface area contributed by atoms with E-state index < -0.39 is 0 Å². The van der Waals surface area contributed by atoms with Crippen molar-refractivity contribution in [2.75, 3.05) is 18.2 Å². The lowest BCUT2D eigenvalue weighted by Gasteiger charge is -2.25. The van der Waals surface area contributed by atoms with Gasteiger partial charge in [-0.25, -0.2) is 4.98 Å². The minimum absolute atomic E-state index is 0.165. The first-order valence-corrected chi connectivity index (χ1v) is 11.2. The molecule has 1 aliphatic rings. The first-order chi connectivity index (χ1) is 15.2. The van der Waals surface area contributed by atoms with Gasteiger partial charge in [-0.15, -0.1) is 0 Å². The van der Waals surface area contributed by atoms with Crippen LogP contribution in [0.4, 0.5) is 5.69 Å². The van der Waals surface area contributed by atoms with Gasteiger partial charge in [-0.2, -0.15) is 5.26 Å². The highest BCUT2D eigenvalue weighted by Crippen LogP contribution is 2.34. The normalized spacial score (nSPS) is 14.9. The summed E-state index contributed by atoms with van der Waals surface area (Å²) in [4.78, 5) is 17.2. The average molecular weight is 430 g/mol. The highest BCUT2D eigenvalue weighted by atomic mass is 32.2. The molecule has 0 bridgehead atoms. The Kier molecular flexibility index (Phi) is 6.54. The van der Waals surface area contributed by atoms with Crippen molar-refractivity contribution >= 4 is 23.4 Å². The SMILES string of the molecule is COc1ccccc1NC(=O)CSc1nc2c(cc1C#N)C[C@H](c1ccccc1)CC2. The summed E-state index contributed by atoms with van der Waals surface area (Å²) in [6, 6.07) is 22.0. The van der Waals surface area contributed by atoms with Gasteiger partial charge in [-0.3, -0.25) is 4.79 Å². The molecule has 0 radical (unpaired) electrons. The second kappa shape index (κ2) is 9.67. The molecule has 5 nitrogen and oxygen atoms in total. The zero-order valence-corrected chi connectivity index (χ0v) is 18.1. The smallest absolute Gasteiger partial charge is 0.234 e. The quantitative estimate of drug-likeness (QED) is 0.560. The van der Waals surface area contributed by atoms with Crippen LogP contribution in [-0.2, 0) is 17.6 Å². The lowest BCUT2D eigenvalue weighted by molar-refractivity contribution is -0.113. The molecular weight excluding hydrogens is 406 g/mol. The minimum Gasteiger partial charge on any atom is -0.495 e. The maximum Gasteiger partial charge on any atom is 0.234 e. The maximum absolute atomic E-state index is 12.4. The molecule has 1 N–H and O–H groups in total. The standard InChI is InChI=1S/C25H23N3O2S/c1-30-23-10-6-5-9-22(23)27-24(29)16-31-25-20(15-26)14-19-13-18(11-12-21(19)28-25)17-7-3-2-4-8-17/h2-10,14,18H,11-13,16H2,1H3,(H,27,29)/t18-/m1/s1. The van der Waals surface area contributed by atoms with Crippen LogP contribution < -0.4 is 10.1 Å². The second-order valence-corrected chi connectivity index (χ2v) is 8.41. The predicted octanol–water partition coefficient (Wildman–Crippen LogP) is 4.97. The van der Waals surface area contributed by atoms with Crippen LogP contribution in [0.3, 0.4) is 0 Å². The lowest BCUT2D eigenvalue weighted by Crippen LogP contribution is -2.17. The van der Waals surface area contributed by atoms with Gasteiger partial charge in [0, 0.05) is 5.69 Å². The van der Waals surface area contributed by atoms with Crippen LogP contribution in [0.15, 0.2) is 65.7 Å². The first-order valence-electron chi connectivity index (χ1n) is 10.2. The molecule has 0 saturated carbocycles. The van der Waals surface area contributed by atoms with E-state index in [4.69, 9.17) is 9.72 Å². The van der Waals surface area contributed by atoms with Crippen molar-refractivity contribution in [2.45, 2.75) is 30.2 Å². The Hall–Kier alpha value is -3.30. The molecule has 31 heavy (non-hydrogen) atoms. The summed E-state index contributed by atoms with van der Waals surface area (Å²) in [5, 5.41) is 13.1. The van der Waals surface area contributed by atoms with Crippen LogP contribution in [0.1, 0.15) is 34.7 Å². The number of hydrogen-bond acceptors (Lipinski definition) is 5. The Morgan fingerprint density at radius 3 is 2.77 bits per heavy atom. The Morgan fingerprint density at radius 2 is 2.00 bits per heavy atom. The number of fused-ring (bicyclic) bond motifs is 1. The Bertz CT molecular complexity index is 1130. The van der Waals surface area contributed by atoms with E-state index in [2.05, 4.69) is 35.7 Å². The number of methoxy groups -OCH3 is 1. The van der Waals surface area contributed by atoms with Crippen LogP contribution >= 0.6 is 11.8 Å². The van der Waals surface area contributed by atoms with E-state index in [1.165, 1.54) is 17.3 Å². The molecule has 156 valence electrons. The van der Waals surface area contributed by atoms with E-state index in [9.17, 15) is 10.1 Å². The van der Waals surface area contributed by atoms with E-state index in [1.807, 2.05) is 24.3 Å². The highest BCUT2D eigenvalue weighted by molar-refractivity contribution is 8.00. The lowest BCUT2D eigenvalue weighted by atomic mass is 9.82. The van der Waals surface area contributed by atoms with Gasteiger partial charge in [0.05, 0.1) is 24.1 Å². The van der Waals surface area contributed by atoms with E-state index in [-0.39, 0.29) is 11.7 Å². The van der Waals surface area contributed by atoms with Crippen molar-refractivity contribution in [2.24, 2.45) is 0 Å². The molecule has 1 atom stereocenters. The summed E-state index contributed by atoms with van der Waals surface area (Å²) in [6.07, 6.45) is 2.80. The van der Waals surface area contributed by atoms with Gasteiger partial charge in [0.25, 0.3) is 0 Å². The van der Waals surface area contributed by atoms with E-state index >= 15 is 0 Å². The number of pyridine rings is 1. The largest absolute Gasteiger partial charge is 0.495 e. The first kappa shape index (κ1) is 21.0. The van der Waals surface area contributed by atoms with Gasteiger partial charge in [0.1, 0.15) is 16.8 Å². The van der Waals surface area contributed by atoms with Gasteiger partial charge >= 0.3 is 0 Å². The fourth-order valence-electron chi connectivity index (χ4n) is 3.91. The van der Waals surface area contributed by atoms with Crippen LogP contribution in [-0.4, -0.2) is 23.8 Å². The number of rotatable bonds is 6. The summed E-state index contributed by atoms with van der Waals surface area (Å²) >= 11 is 1.30. The van der Waals surface area contributed by atoms with Gasteiger partial charge < -0.3 is 10.1 Å². The Labute approximate surface area is 186 Å². The third-order valence-electron chi connectivity index (χ3n) is 5.46. The molecule has 6 heteroatoms. The number of carbonyl (C=O) groups excluding carboxylic acids is 1. The number of thioether (sulfide) groups is 1. The van der Waals surface area contributed by atoms with Gasteiger partial charge in [-0.05, 0) is 54.5 Å². The van der Waals surface area contributed by atoms with Crippen molar-refractivity contribution in [3.63, 3.8) is 0 Å². The summed E-state index contributed by atoms with van der Waals surface area (Å²) in [5.41, 5.74) is 4.67. The molecule has 1 amide bonds. The van der Waals surface area contributed by atoms with E-state index in [0.29, 0.717) is 27.9 Å². The van der Waals surface area contributed by atoms with Gasteiger partial charge in [0.15, 0.2) is 0 Å². The number of aryl methyl sites for hydroxylation is 1. The summed E-state index contributed by atoms with van der Waals surface area (Å²) in [6.45, 7) is 0. The van der Waals surface area contributed by atoms with E-state index in [0.717, 1.165) is 30.5 Å². The molecule has 1 heterocycles. The van der Waals surface area contributed by atoms with E-state index in [1.54, 1.807) is 19.2 Å². The fraction of sp³-hybridized carbons (Fsp3) is 0.240. The zero-order valence-electron chi connectivity index (χ0n) is 17.3. The zero-order chi connectivity index (χ0) is 21.6. The summed E-state index contributed by atoms with van der Waals surface area (Å²) in [7, 11) is 1.57. The molecule has 1 aliphatic carbocycles. The molecule has 0 saturated heterocycles. The van der Waals surface area contributed by atoms with Crippen LogP contribution in [0.5, 0.6) is 5.75 Å². The molecule has 3 aromatic rings. The monoisotopic (exact) mass is 429 g/mol. The number of hydrogen-bond donors (Lipinski definition) is 1. The summed E-state index contributed by atoms with van der Waals surface area (Å²) in [5.74, 6) is 1.07. The molecular formula is C25H23N3O2S. The fourth-order valence-corrected chi connectivity index (χ4v) is 4.69. The average Bonchev–Trinajstić information content (AvgIpc) is 2.82. The molecule has 2 aromatic carbocycles. The van der Waals surface area contributed by atoms with Crippen molar-refractivity contribution in [1.82, 2.24) is 4.98 Å². The number of anilines is 1. The molecule has 0 aliphatic heterocycles. The summed E-state index contributed by atoms with van der Waals surface area (Å²) < 4.78 is 5.27. The number of nitrogens with one attached hydrogen (secondary N) is 1. The molecule has 0 unspecified atom stereocenters. The number of nitriles is 1. The van der Waals surface area contributed by atoms with Crippen molar-refractivity contribution in [3.05, 3.63) is 83.0 Å². The van der Waals surface area contributed by atoms with Crippen LogP contribution in [0, 0.1) is 11.3 Å². The number of aromatic nitrogens is 1. The highest BCUT2D eigenvalue weighted by Gasteiger charge is 2.23. The van der Waals surface area contributed by atoms with Crippen molar-refractivity contribution in [3.8, 4) is 11.8 Å². The molecule has 1 aromatic heterocycles. The van der Waals surface area contributed by atoms with Gasteiger partial charge in [0.2, 0.25) is 5.91 Å².